The molecule has 3 aromatic rings. The van der Waals surface area contributed by atoms with Crippen molar-refractivity contribution >= 4 is 33.3 Å². The van der Waals surface area contributed by atoms with Crippen molar-refractivity contribution in [1.82, 2.24) is 24.6 Å². The first-order valence-electron chi connectivity index (χ1n) is 10.7. The second-order valence-corrected chi connectivity index (χ2v) is 10.6. The van der Waals surface area contributed by atoms with Gasteiger partial charge in [-0.2, -0.15) is 11.8 Å². The number of thioether (sulfide) groups is 1. The first-order valence-corrected chi connectivity index (χ1v) is 13.5. The fourth-order valence-corrected chi connectivity index (χ4v) is 5.22. The number of aryl methyl sites for hydroxylation is 1. The van der Waals surface area contributed by atoms with E-state index in [1.54, 1.807) is 36.0 Å². The molecule has 32 heavy (non-hydrogen) atoms. The molecule has 0 bridgehead atoms. The highest BCUT2D eigenvalue weighted by molar-refractivity contribution is 7.98. The van der Waals surface area contributed by atoms with Crippen LogP contribution in [0.15, 0.2) is 53.6 Å². The lowest BCUT2D eigenvalue weighted by molar-refractivity contribution is -0.121. The summed E-state index contributed by atoms with van der Waals surface area (Å²) in [5.74, 6) is 1.54. The van der Waals surface area contributed by atoms with E-state index in [9.17, 15) is 13.2 Å². The fraction of sp³-hybridized carbons (Fsp3) is 0.409. The number of carbonyl (C=O) groups is 1. The van der Waals surface area contributed by atoms with Crippen molar-refractivity contribution in [1.29, 1.82) is 0 Å². The van der Waals surface area contributed by atoms with Crippen molar-refractivity contribution in [3.8, 4) is 0 Å². The highest BCUT2D eigenvalue weighted by atomic mass is 32.2. The van der Waals surface area contributed by atoms with E-state index in [0.29, 0.717) is 12.8 Å². The molecule has 2 N–H and O–H groups in total. The summed E-state index contributed by atoms with van der Waals surface area (Å²) >= 11 is 1.72. The molecule has 1 aromatic carbocycles. The van der Waals surface area contributed by atoms with Crippen LogP contribution in [0.2, 0.25) is 0 Å². The predicted molar refractivity (Wildman–Crippen MR) is 125 cm³/mol. The average Bonchev–Trinajstić information content (AvgIpc) is 3.49. The van der Waals surface area contributed by atoms with E-state index in [4.69, 9.17) is 0 Å². The molecule has 1 aliphatic rings. The zero-order chi connectivity index (χ0) is 22.6. The van der Waals surface area contributed by atoms with Crippen LogP contribution in [0.1, 0.15) is 43.1 Å². The maximum Gasteiger partial charge on any atom is 0.240 e. The third-order valence-electron chi connectivity index (χ3n) is 5.37. The molecule has 1 atom stereocenters. The van der Waals surface area contributed by atoms with Gasteiger partial charge in [0.2, 0.25) is 15.9 Å². The van der Waals surface area contributed by atoms with Gasteiger partial charge in [0, 0.05) is 18.7 Å². The van der Waals surface area contributed by atoms with Gasteiger partial charge < -0.3 is 5.32 Å². The quantitative estimate of drug-likeness (QED) is 0.444. The van der Waals surface area contributed by atoms with Crippen LogP contribution < -0.4 is 10.0 Å². The maximum absolute atomic E-state index is 12.7. The summed E-state index contributed by atoms with van der Waals surface area (Å²) in [4.78, 5) is 13.0. The summed E-state index contributed by atoms with van der Waals surface area (Å²) in [6.07, 6.45) is 7.31. The Morgan fingerprint density at radius 3 is 2.69 bits per heavy atom. The number of hydrogen-bond donors (Lipinski definition) is 2. The second-order valence-electron chi connectivity index (χ2n) is 7.93. The minimum Gasteiger partial charge on any atom is -0.346 e. The normalized spacial score (nSPS) is 15.0. The Hall–Kier alpha value is -2.43. The lowest BCUT2D eigenvalue weighted by atomic mass is 10.1. The number of nitrogens with one attached hydrogen (secondary N) is 2. The fourth-order valence-electron chi connectivity index (χ4n) is 3.45. The van der Waals surface area contributed by atoms with Crippen molar-refractivity contribution in [2.24, 2.45) is 0 Å². The van der Waals surface area contributed by atoms with Crippen molar-refractivity contribution in [3.05, 3.63) is 60.0 Å². The zero-order valence-corrected chi connectivity index (χ0v) is 19.5. The number of amides is 1. The van der Waals surface area contributed by atoms with Gasteiger partial charge in [-0.3, -0.25) is 9.20 Å². The number of nitrogens with zero attached hydrogens (tertiary/aromatic N) is 3. The molecule has 2 aromatic heterocycles. The lowest BCUT2D eigenvalue weighted by Gasteiger charge is -2.17. The number of fused-ring (bicyclic) bond motifs is 1. The summed E-state index contributed by atoms with van der Waals surface area (Å²) in [6, 6.07) is 12.3. The summed E-state index contributed by atoms with van der Waals surface area (Å²) in [5.41, 5.74) is 1.66. The van der Waals surface area contributed by atoms with Gasteiger partial charge >= 0.3 is 0 Å². The average molecular weight is 474 g/mol. The number of sulfonamides is 1. The van der Waals surface area contributed by atoms with Gasteiger partial charge in [0.25, 0.3) is 0 Å². The Morgan fingerprint density at radius 2 is 1.97 bits per heavy atom. The molecule has 4 rings (SSSR count). The monoisotopic (exact) mass is 473 g/mol. The van der Waals surface area contributed by atoms with Gasteiger partial charge in [0.15, 0.2) is 11.5 Å². The third kappa shape index (κ3) is 5.67. The Kier molecular flexibility index (Phi) is 7.12. The minimum atomic E-state index is -3.46. The molecule has 1 amide bonds. The van der Waals surface area contributed by atoms with E-state index in [2.05, 4.69) is 20.2 Å². The molecule has 0 spiro atoms. The number of aromatic nitrogens is 3. The molecule has 0 aliphatic heterocycles. The molecule has 1 saturated carbocycles. The van der Waals surface area contributed by atoms with E-state index in [0.717, 1.165) is 42.1 Å². The summed E-state index contributed by atoms with van der Waals surface area (Å²) in [6.45, 7) is 0. The molecular formula is C22H27N5O3S2. The Bertz CT molecular complexity index is 1170. The molecular weight excluding hydrogens is 446 g/mol. The van der Waals surface area contributed by atoms with Crippen LogP contribution in [0.25, 0.3) is 5.65 Å². The molecule has 1 aliphatic carbocycles. The predicted octanol–water partition coefficient (Wildman–Crippen LogP) is 2.71. The van der Waals surface area contributed by atoms with Gasteiger partial charge in [-0.15, -0.1) is 10.2 Å². The molecule has 0 saturated heterocycles. The number of carbonyl (C=O) groups excluding carboxylic acids is 1. The molecule has 1 fully saturated rings. The summed E-state index contributed by atoms with van der Waals surface area (Å²) in [7, 11) is -3.46. The summed E-state index contributed by atoms with van der Waals surface area (Å²) < 4.78 is 29.1. The number of benzene rings is 1. The molecule has 170 valence electrons. The summed E-state index contributed by atoms with van der Waals surface area (Å²) in [5, 5.41) is 11.6. The van der Waals surface area contributed by atoms with Crippen LogP contribution in [0.5, 0.6) is 0 Å². The Labute approximate surface area is 192 Å². The molecule has 0 radical (unpaired) electrons. The van der Waals surface area contributed by atoms with Crippen LogP contribution in [-0.4, -0.2) is 47.0 Å². The van der Waals surface area contributed by atoms with E-state index in [1.165, 1.54) is 0 Å². The second kappa shape index (κ2) is 10.0. The van der Waals surface area contributed by atoms with E-state index >= 15 is 0 Å². The minimum absolute atomic E-state index is 0.0733. The highest BCUT2D eigenvalue weighted by Crippen LogP contribution is 2.22. The van der Waals surface area contributed by atoms with Crippen molar-refractivity contribution in [2.75, 3.05) is 12.0 Å². The van der Waals surface area contributed by atoms with Gasteiger partial charge in [-0.25, -0.2) is 13.1 Å². The largest absolute Gasteiger partial charge is 0.346 e. The Morgan fingerprint density at radius 1 is 1.19 bits per heavy atom. The van der Waals surface area contributed by atoms with E-state index in [1.807, 2.05) is 35.1 Å². The van der Waals surface area contributed by atoms with Crippen LogP contribution in [0, 0.1) is 0 Å². The molecule has 1 unspecified atom stereocenters. The van der Waals surface area contributed by atoms with E-state index < -0.39 is 10.0 Å². The Balaban J connectivity index is 1.37. The first-order chi connectivity index (χ1) is 15.5. The molecule has 10 heteroatoms. The van der Waals surface area contributed by atoms with E-state index in [-0.39, 0.29) is 22.9 Å². The van der Waals surface area contributed by atoms with Crippen LogP contribution >= 0.6 is 11.8 Å². The number of hydrogen-bond acceptors (Lipinski definition) is 6. The highest BCUT2D eigenvalue weighted by Gasteiger charge is 2.27. The number of pyridine rings is 1. The van der Waals surface area contributed by atoms with Crippen LogP contribution in [0.3, 0.4) is 0 Å². The van der Waals surface area contributed by atoms with Gasteiger partial charge in [0.1, 0.15) is 0 Å². The number of rotatable bonds is 11. The third-order valence-corrected chi connectivity index (χ3v) is 7.55. The standard InChI is InChI=1S/C22H27N5O3S2/c1-31-15-13-19(22-25-24-20-4-2-3-14-27(20)22)23-21(28)12-7-16-5-10-18(11-6-16)32(29,30)26-17-8-9-17/h2-6,10-11,14,17,19,26H,7-9,12-13,15H2,1H3,(H,23,28). The zero-order valence-electron chi connectivity index (χ0n) is 17.9. The topological polar surface area (TPSA) is 105 Å². The van der Waals surface area contributed by atoms with Crippen molar-refractivity contribution in [2.45, 2.75) is 49.1 Å². The SMILES string of the molecule is CSCCC(NC(=O)CCc1ccc(S(=O)(=O)NC2CC2)cc1)c1nnc2ccccn12. The van der Waals surface area contributed by atoms with Gasteiger partial charge in [0.05, 0.1) is 10.9 Å². The van der Waals surface area contributed by atoms with Crippen LogP contribution in [-0.2, 0) is 21.2 Å². The van der Waals surface area contributed by atoms with Crippen molar-refractivity contribution < 1.29 is 13.2 Å². The van der Waals surface area contributed by atoms with Gasteiger partial charge in [-0.1, -0.05) is 18.2 Å². The van der Waals surface area contributed by atoms with Gasteiger partial charge in [-0.05, 0) is 67.5 Å². The maximum atomic E-state index is 12.7. The van der Waals surface area contributed by atoms with Crippen LogP contribution in [0.4, 0.5) is 0 Å². The molecule has 2 heterocycles. The van der Waals surface area contributed by atoms with Crippen molar-refractivity contribution in [3.63, 3.8) is 0 Å². The first kappa shape index (κ1) is 22.8. The lowest BCUT2D eigenvalue weighted by Crippen LogP contribution is -2.30. The smallest absolute Gasteiger partial charge is 0.240 e. The molecule has 8 nitrogen and oxygen atoms in total.